The summed E-state index contributed by atoms with van der Waals surface area (Å²) in [6.45, 7) is 5.17. The van der Waals surface area contributed by atoms with E-state index in [9.17, 15) is 0 Å². The van der Waals surface area contributed by atoms with E-state index >= 15 is 0 Å². The Morgan fingerprint density at radius 2 is 1.55 bits per heavy atom. The minimum atomic E-state index is 0.129. The van der Waals surface area contributed by atoms with Gasteiger partial charge in [0.15, 0.2) is 5.75 Å². The number of unbranched alkanes of at least 4 members (excludes halogenated alkanes) is 2. The van der Waals surface area contributed by atoms with Crippen LogP contribution in [0.4, 0.5) is 0 Å². The van der Waals surface area contributed by atoms with E-state index in [1.165, 1.54) is 6.08 Å². The molecule has 0 saturated heterocycles. The van der Waals surface area contributed by atoms with E-state index in [2.05, 4.69) is 12.1 Å². The monoisotopic (exact) mass is 523 g/mol. The number of halogens is 5. The third kappa shape index (κ3) is 9.82. The Labute approximate surface area is 207 Å². The van der Waals surface area contributed by atoms with Crippen molar-refractivity contribution in [3.05, 3.63) is 74.2 Å². The lowest BCUT2D eigenvalue weighted by atomic mass is 10.2. The van der Waals surface area contributed by atoms with Gasteiger partial charge in [-0.2, -0.15) is 0 Å². The van der Waals surface area contributed by atoms with Crippen molar-refractivity contribution in [2.75, 3.05) is 19.8 Å². The molecule has 0 aliphatic rings. The maximum absolute atomic E-state index is 6.25. The second kappa shape index (κ2) is 14.0. The van der Waals surface area contributed by atoms with Gasteiger partial charge in [0.2, 0.25) is 0 Å². The fraction of sp³-hybridized carbons (Fsp3) is 0.273. The van der Waals surface area contributed by atoms with Crippen LogP contribution in [0.15, 0.2) is 53.5 Å². The zero-order chi connectivity index (χ0) is 22.6. The summed E-state index contributed by atoms with van der Waals surface area (Å²) in [5.41, 5.74) is 4.44. The first kappa shape index (κ1) is 26.0. The predicted molar refractivity (Wildman–Crippen MR) is 131 cm³/mol. The summed E-state index contributed by atoms with van der Waals surface area (Å²) < 4.78 is 11.3. The topological polar surface area (TPSA) is 39.7 Å². The smallest absolute Gasteiger partial charge is 0.156 e. The van der Waals surface area contributed by atoms with Crippen LogP contribution < -0.4 is 15.0 Å². The molecule has 9 heteroatoms. The summed E-state index contributed by atoms with van der Waals surface area (Å²) in [6.07, 6.45) is 4.11. The Hall–Kier alpha value is -1.27. The standard InChI is InChI=1S/C22H22Cl5NO3/c1-15(16-5-7-17(23)8-6-16)28-31-11-4-2-3-10-30-22-19(24)13-18(14-20(22)25)29-12-9-21(26)27/h5-9,13-14,28H,1-4,10-12H2. The molecule has 0 aliphatic carbocycles. The third-order valence-electron chi connectivity index (χ3n) is 3.98. The molecule has 0 atom stereocenters. The average Bonchev–Trinajstić information content (AvgIpc) is 2.71. The normalized spacial score (nSPS) is 10.5. The Balaban J connectivity index is 1.62. The van der Waals surface area contributed by atoms with Crippen LogP contribution in [0.1, 0.15) is 24.8 Å². The highest BCUT2D eigenvalue weighted by atomic mass is 35.5. The van der Waals surface area contributed by atoms with Gasteiger partial charge in [-0.05, 0) is 43.0 Å². The maximum Gasteiger partial charge on any atom is 0.156 e. The van der Waals surface area contributed by atoms with Gasteiger partial charge in [-0.1, -0.05) is 76.7 Å². The van der Waals surface area contributed by atoms with Crippen LogP contribution in [0.2, 0.25) is 15.1 Å². The van der Waals surface area contributed by atoms with Gasteiger partial charge < -0.3 is 9.47 Å². The summed E-state index contributed by atoms with van der Waals surface area (Å²) in [6, 6.07) is 10.6. The SMILES string of the molecule is C=C(NOCCCCCOc1c(Cl)cc(OCC=C(Cl)Cl)cc1Cl)c1ccc(Cl)cc1. The first-order chi connectivity index (χ1) is 14.9. The van der Waals surface area contributed by atoms with Gasteiger partial charge in [0.1, 0.15) is 16.8 Å². The average molecular weight is 526 g/mol. The van der Waals surface area contributed by atoms with Gasteiger partial charge in [-0.15, -0.1) is 0 Å². The first-order valence-corrected chi connectivity index (χ1v) is 11.3. The van der Waals surface area contributed by atoms with Gasteiger partial charge in [-0.3, -0.25) is 10.3 Å². The second-order valence-electron chi connectivity index (χ2n) is 6.37. The Morgan fingerprint density at radius 1 is 0.903 bits per heavy atom. The summed E-state index contributed by atoms with van der Waals surface area (Å²) >= 11 is 29.4. The molecular formula is C22H22Cl5NO3. The van der Waals surface area contributed by atoms with Crippen LogP contribution in [0.3, 0.4) is 0 Å². The molecule has 0 heterocycles. The number of hydroxylamine groups is 1. The van der Waals surface area contributed by atoms with Crippen LogP contribution >= 0.6 is 58.0 Å². The first-order valence-electron chi connectivity index (χ1n) is 9.45. The highest BCUT2D eigenvalue weighted by Gasteiger charge is 2.10. The Kier molecular flexibility index (Phi) is 11.7. The zero-order valence-corrected chi connectivity index (χ0v) is 20.4. The minimum Gasteiger partial charge on any atom is -0.490 e. The van der Waals surface area contributed by atoms with E-state index in [0.29, 0.717) is 45.5 Å². The lowest BCUT2D eigenvalue weighted by Gasteiger charge is -2.12. The van der Waals surface area contributed by atoms with Crippen LogP contribution in [-0.2, 0) is 4.84 Å². The number of rotatable bonds is 13. The van der Waals surface area contributed by atoms with Crippen molar-refractivity contribution >= 4 is 63.7 Å². The van der Waals surface area contributed by atoms with E-state index in [1.807, 2.05) is 12.1 Å². The number of nitrogens with one attached hydrogen (secondary N) is 1. The third-order valence-corrected chi connectivity index (χ3v) is 5.11. The minimum absolute atomic E-state index is 0.129. The van der Waals surface area contributed by atoms with Crippen LogP contribution in [0, 0.1) is 0 Å². The number of hydrogen-bond donors (Lipinski definition) is 1. The van der Waals surface area contributed by atoms with Gasteiger partial charge in [0, 0.05) is 17.2 Å². The van der Waals surface area contributed by atoms with E-state index in [4.69, 9.17) is 72.3 Å². The zero-order valence-electron chi connectivity index (χ0n) is 16.6. The summed E-state index contributed by atoms with van der Waals surface area (Å²) in [5, 5.41) is 1.42. The summed E-state index contributed by atoms with van der Waals surface area (Å²) in [5.74, 6) is 0.928. The lowest BCUT2D eigenvalue weighted by Crippen LogP contribution is -2.13. The maximum atomic E-state index is 6.25. The van der Waals surface area contributed by atoms with Crippen molar-refractivity contribution in [3.8, 4) is 11.5 Å². The predicted octanol–water partition coefficient (Wildman–Crippen LogP) is 8.09. The van der Waals surface area contributed by atoms with Crippen molar-refractivity contribution in [1.29, 1.82) is 0 Å². The van der Waals surface area contributed by atoms with Gasteiger partial charge in [-0.25, -0.2) is 0 Å². The molecule has 0 aromatic heterocycles. The van der Waals surface area contributed by atoms with Crippen molar-refractivity contribution < 1.29 is 14.3 Å². The molecule has 0 unspecified atom stereocenters. The van der Waals surface area contributed by atoms with Crippen molar-refractivity contribution in [2.24, 2.45) is 0 Å². The van der Waals surface area contributed by atoms with E-state index in [1.54, 1.807) is 24.3 Å². The molecule has 2 aromatic rings. The highest BCUT2D eigenvalue weighted by Crippen LogP contribution is 2.37. The Morgan fingerprint density at radius 3 is 2.19 bits per heavy atom. The molecular weight excluding hydrogens is 504 g/mol. The van der Waals surface area contributed by atoms with Crippen LogP contribution in [0.5, 0.6) is 11.5 Å². The van der Waals surface area contributed by atoms with Crippen LogP contribution in [0.25, 0.3) is 5.70 Å². The van der Waals surface area contributed by atoms with Crippen molar-refractivity contribution in [1.82, 2.24) is 5.48 Å². The molecule has 2 aromatic carbocycles. The van der Waals surface area contributed by atoms with Gasteiger partial charge in [0.05, 0.1) is 29.0 Å². The molecule has 0 amide bonds. The van der Waals surface area contributed by atoms with Crippen molar-refractivity contribution in [3.63, 3.8) is 0 Å². The highest BCUT2D eigenvalue weighted by molar-refractivity contribution is 6.55. The van der Waals surface area contributed by atoms with E-state index in [0.717, 1.165) is 24.8 Å². The molecule has 0 saturated carbocycles. The molecule has 0 fully saturated rings. The molecule has 0 spiro atoms. The quantitative estimate of drug-likeness (QED) is 0.212. The number of ether oxygens (including phenoxy) is 2. The molecule has 168 valence electrons. The van der Waals surface area contributed by atoms with Gasteiger partial charge >= 0.3 is 0 Å². The molecule has 0 bridgehead atoms. The summed E-state index contributed by atoms with van der Waals surface area (Å²) in [4.78, 5) is 5.44. The fourth-order valence-corrected chi connectivity index (χ4v) is 3.26. The largest absolute Gasteiger partial charge is 0.490 e. The molecule has 31 heavy (non-hydrogen) atoms. The Bertz CT molecular complexity index is 860. The lowest BCUT2D eigenvalue weighted by molar-refractivity contribution is 0.0747. The molecule has 0 aliphatic heterocycles. The molecule has 1 N–H and O–H groups in total. The number of benzene rings is 2. The fourth-order valence-electron chi connectivity index (χ4n) is 2.43. The van der Waals surface area contributed by atoms with E-state index in [-0.39, 0.29) is 11.1 Å². The van der Waals surface area contributed by atoms with E-state index < -0.39 is 0 Å². The van der Waals surface area contributed by atoms with Gasteiger partial charge in [0.25, 0.3) is 0 Å². The number of hydrogen-bond acceptors (Lipinski definition) is 4. The summed E-state index contributed by atoms with van der Waals surface area (Å²) in [7, 11) is 0. The molecule has 4 nitrogen and oxygen atoms in total. The second-order valence-corrected chi connectivity index (χ2v) is 8.62. The van der Waals surface area contributed by atoms with Crippen LogP contribution in [-0.4, -0.2) is 19.8 Å². The molecule has 2 rings (SSSR count). The van der Waals surface area contributed by atoms with Crippen molar-refractivity contribution in [2.45, 2.75) is 19.3 Å². The molecule has 0 radical (unpaired) electrons.